The van der Waals surface area contributed by atoms with Crippen molar-refractivity contribution >= 4 is 46.0 Å². The number of carbonyl (C=O) groups is 1. The number of aromatic nitrogens is 1. The molecule has 7 heteroatoms. The summed E-state index contributed by atoms with van der Waals surface area (Å²) in [5.41, 5.74) is 6.62. The van der Waals surface area contributed by atoms with Crippen molar-refractivity contribution in [1.82, 2.24) is 4.98 Å². The summed E-state index contributed by atoms with van der Waals surface area (Å²) in [6.45, 7) is 1.49. The number of benzene rings is 2. The quantitative estimate of drug-likeness (QED) is 0.360. The van der Waals surface area contributed by atoms with Gasteiger partial charge in [-0.05, 0) is 36.1 Å². The van der Waals surface area contributed by atoms with Gasteiger partial charge in [-0.3, -0.25) is 10.2 Å². The Morgan fingerprint density at radius 1 is 1.15 bits per heavy atom. The van der Waals surface area contributed by atoms with E-state index < -0.39 is 0 Å². The van der Waals surface area contributed by atoms with E-state index in [4.69, 9.17) is 0 Å². The lowest BCUT2D eigenvalue weighted by Crippen LogP contribution is -2.05. The highest BCUT2D eigenvalue weighted by Gasteiger charge is 2.04. The summed E-state index contributed by atoms with van der Waals surface area (Å²) in [6, 6.07) is 15.8. The number of anilines is 2. The van der Waals surface area contributed by atoms with E-state index >= 15 is 0 Å². The van der Waals surface area contributed by atoms with Crippen LogP contribution in [0.1, 0.15) is 12.5 Å². The molecule has 1 aromatic heterocycles. The number of hydrogen-bond donors (Lipinski definition) is 2. The van der Waals surface area contributed by atoms with Crippen LogP contribution in [0.25, 0.3) is 11.3 Å². The Labute approximate surface area is 160 Å². The summed E-state index contributed by atoms with van der Waals surface area (Å²) < 4.78 is 0. The SMILES string of the molecule is CSc1ccc(C=NNc2nc(-c3ccc(NC(C)=O)cc3)cs2)cc1. The Hall–Kier alpha value is -2.64. The minimum Gasteiger partial charge on any atom is -0.326 e. The smallest absolute Gasteiger partial charge is 0.221 e. The largest absolute Gasteiger partial charge is 0.326 e. The molecule has 2 N–H and O–H groups in total. The van der Waals surface area contributed by atoms with E-state index in [9.17, 15) is 4.79 Å². The van der Waals surface area contributed by atoms with Crippen molar-refractivity contribution in [3.63, 3.8) is 0 Å². The van der Waals surface area contributed by atoms with Crippen molar-refractivity contribution in [3.8, 4) is 11.3 Å². The molecule has 1 amide bonds. The first kappa shape index (κ1) is 18.2. The molecule has 0 unspecified atom stereocenters. The molecule has 0 spiro atoms. The molecule has 0 aliphatic carbocycles. The number of thioether (sulfide) groups is 1. The highest BCUT2D eigenvalue weighted by molar-refractivity contribution is 7.98. The van der Waals surface area contributed by atoms with Crippen LogP contribution in [0.5, 0.6) is 0 Å². The molecule has 0 fully saturated rings. The molecular weight excluding hydrogens is 364 g/mol. The number of hydrazone groups is 1. The third-order valence-corrected chi connectivity index (χ3v) is 4.99. The van der Waals surface area contributed by atoms with Crippen LogP contribution < -0.4 is 10.7 Å². The van der Waals surface area contributed by atoms with E-state index in [0.717, 1.165) is 27.6 Å². The maximum absolute atomic E-state index is 11.1. The number of carbonyl (C=O) groups excluding carboxylic acids is 1. The fraction of sp³-hybridized carbons (Fsp3) is 0.105. The number of thiazole rings is 1. The number of nitrogens with one attached hydrogen (secondary N) is 2. The molecule has 0 aliphatic rings. The molecular formula is C19H18N4OS2. The van der Waals surface area contributed by atoms with Crippen molar-refractivity contribution < 1.29 is 4.79 Å². The first-order valence-corrected chi connectivity index (χ1v) is 10.0. The molecule has 0 radical (unpaired) electrons. The van der Waals surface area contributed by atoms with Crippen LogP contribution in [0.3, 0.4) is 0 Å². The van der Waals surface area contributed by atoms with Crippen LogP contribution in [0, 0.1) is 0 Å². The minimum absolute atomic E-state index is 0.0844. The zero-order valence-corrected chi connectivity index (χ0v) is 16.0. The van der Waals surface area contributed by atoms with Crippen molar-refractivity contribution in [2.45, 2.75) is 11.8 Å². The number of nitrogens with zero attached hydrogens (tertiary/aromatic N) is 2. The normalized spacial score (nSPS) is 10.8. The first-order valence-electron chi connectivity index (χ1n) is 7.91. The van der Waals surface area contributed by atoms with Crippen molar-refractivity contribution in [2.24, 2.45) is 5.10 Å². The van der Waals surface area contributed by atoms with Crippen molar-refractivity contribution in [2.75, 3.05) is 17.0 Å². The standard InChI is InChI=1S/C19H18N4OS2/c1-13(24)21-16-7-5-15(6-8-16)18-12-26-19(22-18)23-20-11-14-3-9-17(25-2)10-4-14/h3-12H,1-2H3,(H,21,24)(H,22,23). The lowest BCUT2D eigenvalue weighted by molar-refractivity contribution is -0.114. The molecule has 0 saturated carbocycles. The Morgan fingerprint density at radius 3 is 2.54 bits per heavy atom. The molecule has 0 atom stereocenters. The molecule has 0 bridgehead atoms. The van der Waals surface area contributed by atoms with Crippen LogP contribution in [0.15, 0.2) is 63.9 Å². The average Bonchev–Trinajstić information content (AvgIpc) is 3.11. The van der Waals surface area contributed by atoms with Crippen molar-refractivity contribution in [1.29, 1.82) is 0 Å². The molecule has 3 rings (SSSR count). The molecule has 0 aliphatic heterocycles. The Bertz CT molecular complexity index is 902. The van der Waals surface area contributed by atoms with Gasteiger partial charge in [0.25, 0.3) is 0 Å². The summed E-state index contributed by atoms with van der Waals surface area (Å²) in [6.07, 6.45) is 3.82. The van der Waals surface area contributed by atoms with E-state index in [1.54, 1.807) is 18.0 Å². The lowest BCUT2D eigenvalue weighted by atomic mass is 10.1. The van der Waals surface area contributed by atoms with Gasteiger partial charge in [0.05, 0.1) is 11.9 Å². The summed E-state index contributed by atoms with van der Waals surface area (Å²) in [5, 5.41) is 9.69. The predicted molar refractivity (Wildman–Crippen MR) is 111 cm³/mol. The van der Waals surface area contributed by atoms with E-state index in [1.165, 1.54) is 23.2 Å². The zero-order chi connectivity index (χ0) is 18.4. The molecule has 3 aromatic rings. The Kier molecular flexibility index (Phi) is 6.04. The molecule has 1 heterocycles. The van der Waals surface area contributed by atoms with Gasteiger partial charge in [0.15, 0.2) is 0 Å². The number of amides is 1. The maximum atomic E-state index is 11.1. The van der Waals surface area contributed by atoms with E-state index in [-0.39, 0.29) is 5.91 Å². The molecule has 2 aromatic carbocycles. The van der Waals surface area contributed by atoms with Crippen molar-refractivity contribution in [3.05, 3.63) is 59.5 Å². The second-order valence-corrected chi connectivity index (χ2v) is 7.18. The first-order chi connectivity index (χ1) is 12.6. The van der Waals surface area contributed by atoms with Crippen LogP contribution in [-0.4, -0.2) is 23.4 Å². The third kappa shape index (κ3) is 4.93. The fourth-order valence-corrected chi connectivity index (χ4v) is 3.31. The highest BCUT2D eigenvalue weighted by atomic mass is 32.2. The number of rotatable bonds is 6. The summed E-state index contributed by atoms with van der Waals surface area (Å²) in [7, 11) is 0. The van der Waals surface area contributed by atoms with E-state index in [2.05, 4.69) is 39.2 Å². The third-order valence-electron chi connectivity index (χ3n) is 3.49. The average molecular weight is 383 g/mol. The van der Waals surface area contributed by atoms with Gasteiger partial charge in [0.1, 0.15) is 0 Å². The fourth-order valence-electron chi connectivity index (χ4n) is 2.24. The minimum atomic E-state index is -0.0844. The number of hydrogen-bond acceptors (Lipinski definition) is 6. The second kappa shape index (κ2) is 8.64. The zero-order valence-electron chi connectivity index (χ0n) is 14.4. The molecule has 5 nitrogen and oxygen atoms in total. The van der Waals surface area contributed by atoms with Gasteiger partial charge in [-0.25, -0.2) is 4.98 Å². The molecule has 0 saturated heterocycles. The Balaban J connectivity index is 1.62. The molecule has 26 heavy (non-hydrogen) atoms. The maximum Gasteiger partial charge on any atom is 0.221 e. The van der Waals surface area contributed by atoms with E-state index in [1.807, 2.05) is 41.8 Å². The topological polar surface area (TPSA) is 66.4 Å². The van der Waals surface area contributed by atoms with Gasteiger partial charge < -0.3 is 5.32 Å². The van der Waals surface area contributed by atoms with Gasteiger partial charge in [-0.15, -0.1) is 23.1 Å². The van der Waals surface area contributed by atoms with Gasteiger partial charge in [-0.2, -0.15) is 5.10 Å². The predicted octanol–water partition coefficient (Wildman–Crippen LogP) is 4.94. The van der Waals surface area contributed by atoms with Gasteiger partial charge in [0, 0.05) is 28.5 Å². The second-order valence-electron chi connectivity index (χ2n) is 5.44. The monoisotopic (exact) mass is 382 g/mol. The summed E-state index contributed by atoms with van der Waals surface area (Å²) >= 11 is 3.20. The van der Waals surface area contributed by atoms with Crippen LogP contribution >= 0.6 is 23.1 Å². The van der Waals surface area contributed by atoms with Gasteiger partial charge in [0.2, 0.25) is 11.0 Å². The van der Waals surface area contributed by atoms with Crippen LogP contribution in [-0.2, 0) is 4.79 Å². The highest BCUT2D eigenvalue weighted by Crippen LogP contribution is 2.26. The van der Waals surface area contributed by atoms with E-state index in [0.29, 0.717) is 0 Å². The van der Waals surface area contributed by atoms with Gasteiger partial charge >= 0.3 is 0 Å². The molecule has 132 valence electrons. The summed E-state index contributed by atoms with van der Waals surface area (Å²) in [5.74, 6) is -0.0844. The summed E-state index contributed by atoms with van der Waals surface area (Å²) in [4.78, 5) is 16.8. The van der Waals surface area contributed by atoms with Crippen LogP contribution in [0.4, 0.5) is 10.8 Å². The Morgan fingerprint density at radius 2 is 1.88 bits per heavy atom. The van der Waals surface area contributed by atoms with Gasteiger partial charge in [-0.1, -0.05) is 24.3 Å². The van der Waals surface area contributed by atoms with Crippen LogP contribution in [0.2, 0.25) is 0 Å². The lowest BCUT2D eigenvalue weighted by Gasteiger charge is -2.02.